The van der Waals surface area contributed by atoms with Crippen molar-refractivity contribution in [2.45, 2.75) is 26.3 Å². The molecule has 1 heterocycles. The zero-order valence-corrected chi connectivity index (χ0v) is 11.4. The Labute approximate surface area is 115 Å². The van der Waals surface area contributed by atoms with Crippen LogP contribution in [-0.2, 0) is 6.54 Å². The highest BCUT2D eigenvalue weighted by molar-refractivity contribution is 6.31. The molecule has 0 fully saturated rings. The van der Waals surface area contributed by atoms with E-state index in [1.807, 2.05) is 6.92 Å². The topological polar surface area (TPSA) is 45.5 Å². The van der Waals surface area contributed by atoms with Crippen molar-refractivity contribution in [3.8, 4) is 0 Å². The highest BCUT2D eigenvalue weighted by Gasteiger charge is 2.22. The summed E-state index contributed by atoms with van der Waals surface area (Å²) in [4.78, 5) is 13.1. The number of hydrogen-bond donors (Lipinski definition) is 1. The predicted octanol–water partition coefficient (Wildman–Crippen LogP) is 2.25. The number of carbonyl (C=O) groups excluding carboxylic acids is 1. The van der Waals surface area contributed by atoms with Crippen molar-refractivity contribution in [3.05, 3.63) is 23.0 Å². The molecule has 0 aliphatic heterocycles. The minimum absolute atomic E-state index is 0.127. The fraction of sp³-hybridized carbons (Fsp3) is 0.583. The third-order valence-corrected chi connectivity index (χ3v) is 2.77. The molecule has 0 radical (unpaired) electrons. The van der Waals surface area contributed by atoms with Gasteiger partial charge >= 0.3 is 0 Å². The maximum Gasteiger partial charge on any atom is 0.270 e. The molecule has 1 amide bonds. The molecule has 0 unspecified atom stereocenters. The van der Waals surface area contributed by atoms with Gasteiger partial charge in [0.05, 0.1) is 18.2 Å². The Balaban J connectivity index is 2.94. The lowest BCUT2D eigenvalue weighted by atomic mass is 10.3. The van der Waals surface area contributed by atoms with Crippen molar-refractivity contribution >= 4 is 17.5 Å². The summed E-state index contributed by atoms with van der Waals surface area (Å²) in [5.74, 6) is -0.547. The first-order chi connectivity index (χ1) is 8.99. The Morgan fingerprint density at radius 1 is 1.58 bits per heavy atom. The van der Waals surface area contributed by atoms with Gasteiger partial charge in [-0.15, -0.1) is 0 Å². The molecule has 0 atom stereocenters. The number of alkyl halides is 2. The quantitative estimate of drug-likeness (QED) is 0.838. The second kappa shape index (κ2) is 7.45. The molecule has 1 N–H and O–H groups in total. The first-order valence-corrected chi connectivity index (χ1v) is 6.41. The molecular weight excluding hydrogens is 278 g/mol. The van der Waals surface area contributed by atoms with Gasteiger partial charge in [0, 0.05) is 19.3 Å². The molecule has 0 aromatic carbocycles. The van der Waals surface area contributed by atoms with Crippen LogP contribution in [-0.4, -0.2) is 46.6 Å². The fourth-order valence-electron chi connectivity index (χ4n) is 1.80. The average molecular weight is 295 g/mol. The smallest absolute Gasteiger partial charge is 0.270 e. The third-order valence-electron chi connectivity index (χ3n) is 2.56. The molecule has 0 aliphatic rings. The Hall–Kier alpha value is -1.14. The second-order valence-electron chi connectivity index (χ2n) is 4.10. The molecule has 19 heavy (non-hydrogen) atoms. The van der Waals surface area contributed by atoms with Gasteiger partial charge in [0.15, 0.2) is 0 Å². The minimum atomic E-state index is -2.64. The highest BCUT2D eigenvalue weighted by atomic mass is 35.5. The average Bonchev–Trinajstić information content (AvgIpc) is 2.69. The number of nitrogens with zero attached hydrogens (tertiary/aromatic N) is 2. The van der Waals surface area contributed by atoms with Crippen LogP contribution in [0.3, 0.4) is 0 Å². The molecule has 0 spiro atoms. The third kappa shape index (κ3) is 4.47. The van der Waals surface area contributed by atoms with Crippen LogP contribution in [0, 0.1) is 0 Å². The number of amides is 1. The summed E-state index contributed by atoms with van der Waals surface area (Å²) in [6.07, 6.45) is -0.252. The van der Waals surface area contributed by atoms with Gasteiger partial charge in [-0.25, -0.2) is 8.78 Å². The number of aryl methyl sites for hydroxylation is 1. The monoisotopic (exact) mass is 294 g/mol. The summed E-state index contributed by atoms with van der Waals surface area (Å²) in [5, 5.41) is 9.24. The van der Waals surface area contributed by atoms with Gasteiger partial charge in [0.1, 0.15) is 5.69 Å². The summed E-state index contributed by atoms with van der Waals surface area (Å²) in [6.45, 7) is 1.33. The van der Waals surface area contributed by atoms with Gasteiger partial charge in [-0.1, -0.05) is 18.5 Å². The van der Waals surface area contributed by atoms with E-state index < -0.39 is 18.9 Å². The zero-order valence-electron chi connectivity index (χ0n) is 10.7. The lowest BCUT2D eigenvalue weighted by Gasteiger charge is -2.22. The number of aliphatic hydroxyl groups excluding tert-OH is 1. The van der Waals surface area contributed by atoms with Gasteiger partial charge in [0.25, 0.3) is 12.3 Å². The Kier molecular flexibility index (Phi) is 6.24. The Morgan fingerprint density at radius 3 is 2.79 bits per heavy atom. The van der Waals surface area contributed by atoms with Crippen LogP contribution in [0.15, 0.2) is 12.3 Å². The molecule has 4 nitrogen and oxygen atoms in total. The van der Waals surface area contributed by atoms with Crippen molar-refractivity contribution in [2.24, 2.45) is 0 Å². The van der Waals surface area contributed by atoms with Gasteiger partial charge in [-0.2, -0.15) is 0 Å². The molecule has 0 bridgehead atoms. The van der Waals surface area contributed by atoms with Crippen LogP contribution in [0.5, 0.6) is 0 Å². The van der Waals surface area contributed by atoms with E-state index in [1.165, 1.54) is 6.07 Å². The van der Waals surface area contributed by atoms with Crippen LogP contribution in [0.25, 0.3) is 0 Å². The summed E-state index contributed by atoms with van der Waals surface area (Å²) in [6, 6.07) is 1.45. The lowest BCUT2D eigenvalue weighted by Crippen LogP contribution is -2.38. The Morgan fingerprint density at radius 2 is 2.26 bits per heavy atom. The number of carbonyl (C=O) groups is 1. The largest absolute Gasteiger partial charge is 0.395 e. The standard InChI is InChI=1S/C12H17ClF2N2O2/c1-2-3-16-7-9(13)6-10(16)12(19)17(4-5-18)8-11(14)15/h6-7,11,18H,2-5,8H2,1H3. The normalized spacial score (nSPS) is 11.1. The van der Waals surface area contributed by atoms with Crippen LogP contribution >= 0.6 is 11.6 Å². The highest BCUT2D eigenvalue weighted by Crippen LogP contribution is 2.17. The van der Waals surface area contributed by atoms with E-state index in [1.54, 1.807) is 10.8 Å². The van der Waals surface area contributed by atoms with Crippen molar-refractivity contribution < 1.29 is 18.7 Å². The summed E-state index contributed by atoms with van der Waals surface area (Å²) >= 11 is 5.84. The first kappa shape index (κ1) is 15.9. The lowest BCUT2D eigenvalue weighted by molar-refractivity contribution is 0.0500. The summed E-state index contributed by atoms with van der Waals surface area (Å²) in [5.41, 5.74) is 0.265. The molecule has 0 saturated carbocycles. The number of rotatable bonds is 7. The van der Waals surface area contributed by atoms with Crippen LogP contribution in [0.1, 0.15) is 23.8 Å². The van der Waals surface area contributed by atoms with E-state index in [0.29, 0.717) is 11.6 Å². The molecule has 1 aromatic heterocycles. The van der Waals surface area contributed by atoms with Crippen LogP contribution in [0.2, 0.25) is 5.02 Å². The van der Waals surface area contributed by atoms with Crippen LogP contribution < -0.4 is 0 Å². The van der Waals surface area contributed by atoms with Crippen molar-refractivity contribution in [1.82, 2.24) is 9.47 Å². The number of aliphatic hydroxyl groups is 1. The molecule has 7 heteroatoms. The molecule has 1 rings (SSSR count). The maximum absolute atomic E-state index is 12.4. The first-order valence-electron chi connectivity index (χ1n) is 6.03. The molecular formula is C12H17ClF2N2O2. The van der Waals surface area contributed by atoms with Crippen LogP contribution in [0.4, 0.5) is 8.78 Å². The summed E-state index contributed by atoms with van der Waals surface area (Å²) in [7, 11) is 0. The van der Waals surface area contributed by atoms with Gasteiger partial charge in [-0.05, 0) is 12.5 Å². The van der Waals surface area contributed by atoms with E-state index in [-0.39, 0.29) is 18.8 Å². The number of halogens is 3. The molecule has 108 valence electrons. The van der Waals surface area contributed by atoms with E-state index in [2.05, 4.69) is 0 Å². The second-order valence-corrected chi connectivity index (χ2v) is 4.54. The van der Waals surface area contributed by atoms with Gasteiger partial charge in [0.2, 0.25) is 0 Å². The van der Waals surface area contributed by atoms with E-state index in [0.717, 1.165) is 11.3 Å². The van der Waals surface area contributed by atoms with E-state index >= 15 is 0 Å². The predicted molar refractivity (Wildman–Crippen MR) is 68.7 cm³/mol. The number of aromatic nitrogens is 1. The maximum atomic E-state index is 12.4. The van der Waals surface area contributed by atoms with Crippen molar-refractivity contribution in [1.29, 1.82) is 0 Å². The molecule has 0 saturated heterocycles. The molecule has 0 aliphatic carbocycles. The van der Waals surface area contributed by atoms with Crippen molar-refractivity contribution in [3.63, 3.8) is 0 Å². The van der Waals surface area contributed by atoms with E-state index in [4.69, 9.17) is 16.7 Å². The minimum Gasteiger partial charge on any atom is -0.395 e. The Bertz CT molecular complexity index is 424. The van der Waals surface area contributed by atoms with Gasteiger partial charge in [-0.3, -0.25) is 4.79 Å². The van der Waals surface area contributed by atoms with E-state index in [9.17, 15) is 13.6 Å². The molecule has 1 aromatic rings. The SMILES string of the molecule is CCCn1cc(Cl)cc1C(=O)N(CCO)CC(F)F. The van der Waals surface area contributed by atoms with Crippen molar-refractivity contribution in [2.75, 3.05) is 19.7 Å². The fourth-order valence-corrected chi connectivity index (χ4v) is 2.03. The number of hydrogen-bond acceptors (Lipinski definition) is 2. The van der Waals surface area contributed by atoms with Gasteiger partial charge < -0.3 is 14.6 Å². The summed E-state index contributed by atoms with van der Waals surface area (Å²) < 4.78 is 26.5. The zero-order chi connectivity index (χ0) is 14.4.